The van der Waals surface area contributed by atoms with Crippen LogP contribution in [0.4, 0.5) is 17.1 Å². The number of carbonyl (C=O) groups excluding carboxylic acids is 1. The largest absolute Gasteiger partial charge is 0.457 e. The lowest BCUT2D eigenvalue weighted by atomic mass is 9.83. The van der Waals surface area contributed by atoms with Gasteiger partial charge in [-0.2, -0.15) is 0 Å². The molecular weight excluding hydrogens is 684 g/mol. The zero-order chi connectivity index (χ0) is 38.9. The molecule has 0 saturated heterocycles. The van der Waals surface area contributed by atoms with Gasteiger partial charge in [0.2, 0.25) is 5.36 Å². The first-order chi connectivity index (χ1) is 25.5. The smallest absolute Gasteiger partial charge is 0.339 e. The van der Waals surface area contributed by atoms with Crippen LogP contribution in [0.5, 0.6) is 11.5 Å². The van der Waals surface area contributed by atoms with Crippen molar-refractivity contribution in [1.29, 1.82) is 0 Å². The Bertz CT molecular complexity index is 2480. The highest BCUT2D eigenvalue weighted by Gasteiger charge is 2.36. The zero-order valence-electron chi connectivity index (χ0n) is 31.8. The minimum absolute atomic E-state index is 0.130. The number of benzene rings is 4. The van der Waals surface area contributed by atoms with Gasteiger partial charge in [0.05, 0.1) is 33.1 Å². The molecule has 0 saturated carbocycles. The third kappa shape index (κ3) is 6.03. The molecule has 0 spiro atoms. The van der Waals surface area contributed by atoms with Gasteiger partial charge in [-0.25, -0.2) is 9.37 Å². The van der Waals surface area contributed by atoms with E-state index in [1.54, 1.807) is 12.1 Å². The number of non-ortho nitro benzene ring substituents is 2. The molecule has 0 N–H and O–H groups in total. The summed E-state index contributed by atoms with van der Waals surface area (Å²) in [5.41, 5.74) is 6.77. The van der Waals surface area contributed by atoms with Crippen LogP contribution in [-0.4, -0.2) is 40.0 Å². The SMILES string of the molecule is CCN1c2cc3c(cc2C(C)=CC1(C)C)C(c1ccccc1C(=O)OCc1cc([N+](=O)[O-])cc([N+](=O)[O-])c1)=c1cc2c(cc1O3)=[N+](CC)C(C)(C)C=C2C. The van der Waals surface area contributed by atoms with Gasteiger partial charge >= 0.3 is 5.97 Å². The summed E-state index contributed by atoms with van der Waals surface area (Å²) >= 11 is 0. The Labute approximate surface area is 313 Å². The molecule has 0 fully saturated rings. The fourth-order valence-corrected chi connectivity index (χ4v) is 8.53. The van der Waals surface area contributed by atoms with Crippen molar-refractivity contribution in [3.05, 3.63) is 143 Å². The number of nitro benzene ring substituents is 2. The van der Waals surface area contributed by atoms with Crippen LogP contribution in [0.2, 0.25) is 0 Å². The maximum Gasteiger partial charge on any atom is 0.339 e. The van der Waals surface area contributed by atoms with E-state index in [0.29, 0.717) is 17.1 Å². The lowest BCUT2D eigenvalue weighted by Gasteiger charge is -2.43. The minimum atomic E-state index is -0.711. The average Bonchev–Trinajstić information content (AvgIpc) is 3.11. The number of fused-ring (bicyclic) bond motifs is 4. The number of carbonyl (C=O) groups is 1. The fourth-order valence-electron chi connectivity index (χ4n) is 8.53. The molecule has 0 atom stereocenters. The molecule has 11 nitrogen and oxygen atoms in total. The summed E-state index contributed by atoms with van der Waals surface area (Å²) in [4.78, 5) is 38.0. The van der Waals surface area contributed by atoms with E-state index in [4.69, 9.17) is 9.47 Å². The van der Waals surface area contributed by atoms with Crippen molar-refractivity contribution in [2.45, 2.75) is 73.1 Å². The number of nitro groups is 2. The molecule has 3 aliphatic heterocycles. The predicted octanol–water partition coefficient (Wildman–Crippen LogP) is 7.94. The molecule has 7 rings (SSSR count). The molecule has 0 unspecified atom stereocenters. The lowest BCUT2D eigenvalue weighted by molar-refractivity contribution is -0.394. The highest BCUT2D eigenvalue weighted by Crippen LogP contribution is 2.46. The molecule has 3 heterocycles. The number of allylic oxidation sites excluding steroid dienone is 2. The Hall–Kier alpha value is -6.10. The first kappa shape index (κ1) is 36.3. The Morgan fingerprint density at radius 1 is 0.815 bits per heavy atom. The van der Waals surface area contributed by atoms with Crippen LogP contribution in [0.15, 0.2) is 78.9 Å². The second-order valence-electron chi connectivity index (χ2n) is 15.2. The van der Waals surface area contributed by atoms with Crippen LogP contribution in [0.25, 0.3) is 16.7 Å². The molecule has 3 aliphatic rings. The molecule has 0 radical (unpaired) electrons. The van der Waals surface area contributed by atoms with Gasteiger partial charge in [0.1, 0.15) is 24.7 Å². The molecule has 54 heavy (non-hydrogen) atoms. The maximum absolute atomic E-state index is 14.1. The number of hydrogen-bond donors (Lipinski definition) is 0. The lowest BCUT2D eigenvalue weighted by Crippen LogP contribution is -2.49. The zero-order valence-corrected chi connectivity index (χ0v) is 31.8. The minimum Gasteiger partial charge on any atom is -0.457 e. The highest BCUT2D eigenvalue weighted by atomic mass is 16.6. The van der Waals surface area contributed by atoms with Gasteiger partial charge in [-0.15, -0.1) is 0 Å². The van der Waals surface area contributed by atoms with E-state index >= 15 is 0 Å². The second kappa shape index (κ2) is 13.1. The molecular formula is C43H43N4O7+. The number of rotatable bonds is 8. The van der Waals surface area contributed by atoms with Crippen molar-refractivity contribution in [1.82, 2.24) is 4.58 Å². The summed E-state index contributed by atoms with van der Waals surface area (Å²) in [7, 11) is 0. The third-order valence-electron chi connectivity index (χ3n) is 10.7. The average molecular weight is 728 g/mol. The predicted molar refractivity (Wildman–Crippen MR) is 209 cm³/mol. The quantitative estimate of drug-likeness (QED) is 0.0682. The van der Waals surface area contributed by atoms with Crippen molar-refractivity contribution in [3.63, 3.8) is 0 Å². The first-order valence-corrected chi connectivity index (χ1v) is 18.1. The standard InChI is InChI=1S/C43H43N4O7/c1-9-44-36-20-38-34(18-32(36)25(3)22-42(44,5)6)40(35-19-33-26(4)23-43(7,8)45(10-2)37(33)21-39(35)54-38)30-13-11-12-14-31(30)41(48)53-24-27-15-28(46(49)50)17-29(16-27)47(51)52/h11-23H,9-10,24H2,1-8H3/q+1. The monoisotopic (exact) mass is 727 g/mol. The van der Waals surface area contributed by atoms with Crippen molar-refractivity contribution in [2.24, 2.45) is 0 Å². The van der Waals surface area contributed by atoms with E-state index in [-0.39, 0.29) is 22.2 Å². The van der Waals surface area contributed by atoms with E-state index < -0.39 is 33.8 Å². The van der Waals surface area contributed by atoms with Crippen LogP contribution in [0.3, 0.4) is 0 Å². The van der Waals surface area contributed by atoms with E-state index in [1.165, 1.54) is 12.1 Å². The normalized spacial score (nSPS) is 16.2. The number of ether oxygens (including phenoxy) is 2. The summed E-state index contributed by atoms with van der Waals surface area (Å²) in [6, 6.07) is 18.9. The summed E-state index contributed by atoms with van der Waals surface area (Å²) < 4.78 is 15.0. The van der Waals surface area contributed by atoms with Crippen molar-refractivity contribution < 1.29 is 24.1 Å². The number of hydrogen-bond acceptors (Lipinski definition) is 8. The van der Waals surface area contributed by atoms with Crippen molar-refractivity contribution in [3.8, 4) is 11.5 Å². The van der Waals surface area contributed by atoms with Gasteiger partial charge < -0.3 is 14.4 Å². The Balaban J connectivity index is 1.45. The van der Waals surface area contributed by atoms with Crippen LogP contribution in [0.1, 0.15) is 93.6 Å². The van der Waals surface area contributed by atoms with Gasteiger partial charge in [0.15, 0.2) is 5.54 Å². The van der Waals surface area contributed by atoms with Crippen LogP contribution >= 0.6 is 0 Å². The van der Waals surface area contributed by atoms with Crippen molar-refractivity contribution >= 4 is 39.8 Å². The molecule has 276 valence electrons. The topological polar surface area (TPSA) is 128 Å². The third-order valence-corrected chi connectivity index (χ3v) is 10.7. The Kier molecular flexibility index (Phi) is 8.79. The van der Waals surface area contributed by atoms with E-state index in [2.05, 4.69) is 101 Å². The number of esters is 1. The molecule has 0 bridgehead atoms. The summed E-state index contributed by atoms with van der Waals surface area (Å²) in [6.45, 7) is 18.5. The molecule has 11 heteroatoms. The van der Waals surface area contributed by atoms with Gasteiger partial charge in [-0.1, -0.05) is 24.3 Å². The van der Waals surface area contributed by atoms with Crippen LogP contribution in [-0.2, 0) is 11.3 Å². The summed E-state index contributed by atoms with van der Waals surface area (Å²) in [5.74, 6) is 0.651. The molecule has 4 aromatic carbocycles. The summed E-state index contributed by atoms with van der Waals surface area (Å²) in [6.07, 6.45) is 4.55. The highest BCUT2D eigenvalue weighted by molar-refractivity contribution is 6.00. The maximum atomic E-state index is 14.1. The second-order valence-corrected chi connectivity index (χ2v) is 15.2. The Morgan fingerprint density at radius 2 is 1.48 bits per heavy atom. The molecule has 0 amide bonds. The van der Waals surface area contributed by atoms with Crippen LogP contribution < -0.4 is 24.8 Å². The van der Waals surface area contributed by atoms with Crippen molar-refractivity contribution in [2.75, 3.05) is 18.0 Å². The van der Waals surface area contributed by atoms with Crippen LogP contribution in [0, 0.1) is 20.2 Å². The Morgan fingerprint density at radius 3 is 2.13 bits per heavy atom. The number of likely N-dealkylation sites (N-methyl/N-ethyl adjacent to an activating group) is 2. The van der Waals surface area contributed by atoms with E-state index in [9.17, 15) is 25.0 Å². The van der Waals surface area contributed by atoms with E-state index in [0.717, 1.165) is 68.8 Å². The summed E-state index contributed by atoms with van der Waals surface area (Å²) in [5, 5.41) is 24.9. The van der Waals surface area contributed by atoms with E-state index in [1.807, 2.05) is 12.1 Å². The van der Waals surface area contributed by atoms with Gasteiger partial charge in [0, 0.05) is 77.3 Å². The van der Waals surface area contributed by atoms with Gasteiger partial charge in [0.25, 0.3) is 11.4 Å². The molecule has 4 aromatic rings. The first-order valence-electron chi connectivity index (χ1n) is 18.1. The van der Waals surface area contributed by atoms with Gasteiger partial charge in [-0.3, -0.25) is 20.2 Å². The number of anilines is 1. The molecule has 0 aliphatic carbocycles. The van der Waals surface area contributed by atoms with Gasteiger partial charge in [-0.05, 0) is 82.5 Å². The molecule has 0 aromatic heterocycles. The fraction of sp³-hybridized carbons (Fsp3) is 0.302. The number of nitrogens with zero attached hydrogens (tertiary/aromatic N) is 4.